The van der Waals surface area contributed by atoms with Gasteiger partial charge in [0.05, 0.1) is 0 Å². The van der Waals surface area contributed by atoms with Gasteiger partial charge in [-0.15, -0.1) is 0 Å². The molecule has 1 amide bonds. The lowest BCUT2D eigenvalue weighted by Crippen LogP contribution is -2.35. The lowest BCUT2D eigenvalue weighted by atomic mass is 9.82. The van der Waals surface area contributed by atoms with Gasteiger partial charge in [0.2, 0.25) is 5.91 Å². The van der Waals surface area contributed by atoms with Crippen molar-refractivity contribution in [1.29, 1.82) is 0 Å². The van der Waals surface area contributed by atoms with Gasteiger partial charge in [0.15, 0.2) is 0 Å². The van der Waals surface area contributed by atoms with Crippen molar-refractivity contribution in [2.75, 3.05) is 20.2 Å². The molecule has 0 aromatic heterocycles. The van der Waals surface area contributed by atoms with Crippen LogP contribution in [0.2, 0.25) is 0 Å². The maximum absolute atomic E-state index is 11.9. The molecule has 0 bridgehead atoms. The van der Waals surface area contributed by atoms with Crippen LogP contribution in [0.1, 0.15) is 39.0 Å². The summed E-state index contributed by atoms with van der Waals surface area (Å²) in [5.41, 5.74) is 0. The largest absolute Gasteiger partial charge is 0.396 e. The first kappa shape index (κ1) is 12.5. The third-order valence-electron chi connectivity index (χ3n) is 3.39. The highest BCUT2D eigenvalue weighted by atomic mass is 16.3. The van der Waals surface area contributed by atoms with E-state index >= 15 is 0 Å². The number of amides is 1. The summed E-state index contributed by atoms with van der Waals surface area (Å²) in [5, 5.41) is 9.01. The quantitative estimate of drug-likeness (QED) is 0.771. The number of hydrogen-bond donors (Lipinski definition) is 1. The minimum atomic E-state index is 0.212. The zero-order valence-corrected chi connectivity index (χ0v) is 9.91. The number of carbonyl (C=O) groups excluding carboxylic acids is 1. The lowest BCUT2D eigenvalue weighted by molar-refractivity contribution is -0.135. The van der Waals surface area contributed by atoms with E-state index in [1.165, 1.54) is 0 Å². The number of aliphatic hydroxyl groups is 1. The predicted octanol–water partition coefficient (Wildman–Crippen LogP) is 1.65. The molecule has 1 N–H and O–H groups in total. The van der Waals surface area contributed by atoms with Crippen molar-refractivity contribution in [2.24, 2.45) is 11.8 Å². The van der Waals surface area contributed by atoms with E-state index < -0.39 is 0 Å². The summed E-state index contributed by atoms with van der Waals surface area (Å²) < 4.78 is 0. The van der Waals surface area contributed by atoms with Crippen LogP contribution in [-0.2, 0) is 4.79 Å². The monoisotopic (exact) mass is 213 g/mol. The van der Waals surface area contributed by atoms with Crippen LogP contribution in [-0.4, -0.2) is 36.1 Å². The van der Waals surface area contributed by atoms with Crippen molar-refractivity contribution < 1.29 is 9.90 Å². The Hall–Kier alpha value is -0.570. The molecule has 88 valence electrons. The fourth-order valence-electron chi connectivity index (χ4n) is 2.35. The van der Waals surface area contributed by atoms with Crippen molar-refractivity contribution in [3.8, 4) is 0 Å². The van der Waals surface area contributed by atoms with Gasteiger partial charge in [0.1, 0.15) is 0 Å². The maximum atomic E-state index is 11.9. The molecule has 0 unspecified atom stereocenters. The Morgan fingerprint density at radius 2 is 1.93 bits per heavy atom. The van der Waals surface area contributed by atoms with E-state index in [1.54, 1.807) is 0 Å². The predicted molar refractivity (Wildman–Crippen MR) is 60.5 cm³/mol. The second kappa shape index (κ2) is 6.11. The van der Waals surface area contributed by atoms with Gasteiger partial charge < -0.3 is 10.0 Å². The fourth-order valence-corrected chi connectivity index (χ4v) is 2.35. The molecule has 0 radical (unpaired) electrons. The Morgan fingerprint density at radius 1 is 1.33 bits per heavy atom. The Labute approximate surface area is 92.5 Å². The molecule has 1 rings (SSSR count). The number of rotatable bonds is 4. The minimum absolute atomic E-state index is 0.212. The van der Waals surface area contributed by atoms with Crippen LogP contribution in [0.15, 0.2) is 0 Å². The van der Waals surface area contributed by atoms with E-state index in [4.69, 9.17) is 5.11 Å². The molecule has 1 aliphatic rings. The molecular formula is C12H23NO2. The van der Waals surface area contributed by atoms with Crippen molar-refractivity contribution in [3.05, 3.63) is 0 Å². The van der Waals surface area contributed by atoms with Crippen LogP contribution >= 0.6 is 0 Å². The summed E-state index contributed by atoms with van der Waals surface area (Å²) in [6, 6.07) is 0. The highest BCUT2D eigenvalue weighted by Gasteiger charge is 2.27. The third-order valence-corrected chi connectivity index (χ3v) is 3.39. The number of nitrogens with zero attached hydrogens (tertiary/aromatic N) is 1. The highest BCUT2D eigenvalue weighted by molar-refractivity contribution is 5.78. The van der Waals surface area contributed by atoms with Crippen LogP contribution in [0.4, 0.5) is 0 Å². The second-order valence-corrected chi connectivity index (χ2v) is 4.66. The highest BCUT2D eigenvalue weighted by Crippen LogP contribution is 2.29. The maximum Gasteiger partial charge on any atom is 0.225 e. The summed E-state index contributed by atoms with van der Waals surface area (Å²) in [4.78, 5) is 13.8. The standard InChI is InChI=1S/C12H23NO2/c1-3-8-13(2)12(15)11-6-4-10(9-14)5-7-11/h10-11,14H,3-9H2,1-2H3. The molecule has 0 spiro atoms. The van der Waals surface area contributed by atoms with Gasteiger partial charge in [-0.1, -0.05) is 6.92 Å². The average molecular weight is 213 g/mol. The summed E-state index contributed by atoms with van der Waals surface area (Å²) in [7, 11) is 1.89. The lowest BCUT2D eigenvalue weighted by Gasteiger charge is -2.29. The summed E-state index contributed by atoms with van der Waals surface area (Å²) in [6.45, 7) is 3.23. The Balaban J connectivity index is 2.35. The number of aliphatic hydroxyl groups excluding tert-OH is 1. The molecule has 3 heteroatoms. The first-order valence-electron chi connectivity index (χ1n) is 6.04. The van der Waals surface area contributed by atoms with Crippen LogP contribution in [0.25, 0.3) is 0 Å². The zero-order valence-electron chi connectivity index (χ0n) is 9.91. The molecule has 0 heterocycles. The summed E-state index contributed by atoms with van der Waals surface area (Å²) >= 11 is 0. The minimum Gasteiger partial charge on any atom is -0.396 e. The molecule has 15 heavy (non-hydrogen) atoms. The number of hydrogen-bond acceptors (Lipinski definition) is 2. The van der Waals surface area contributed by atoms with E-state index in [0.717, 1.165) is 38.6 Å². The van der Waals surface area contributed by atoms with Crippen LogP contribution < -0.4 is 0 Å². The third kappa shape index (κ3) is 3.49. The van der Waals surface area contributed by atoms with Gasteiger partial charge in [-0.2, -0.15) is 0 Å². The molecule has 1 aliphatic carbocycles. The average Bonchev–Trinajstić information content (AvgIpc) is 2.28. The van der Waals surface area contributed by atoms with E-state index in [-0.39, 0.29) is 12.5 Å². The molecule has 0 aromatic carbocycles. The molecule has 1 fully saturated rings. The van der Waals surface area contributed by atoms with Gasteiger partial charge in [-0.25, -0.2) is 0 Å². The molecule has 0 saturated heterocycles. The first-order valence-corrected chi connectivity index (χ1v) is 6.04. The van der Waals surface area contributed by atoms with Crippen molar-refractivity contribution in [1.82, 2.24) is 4.90 Å². The SMILES string of the molecule is CCCN(C)C(=O)C1CCC(CO)CC1. The van der Waals surface area contributed by atoms with E-state index in [9.17, 15) is 4.79 Å². The van der Waals surface area contributed by atoms with Crippen molar-refractivity contribution in [3.63, 3.8) is 0 Å². The Kier molecular flexibility index (Phi) is 5.09. The van der Waals surface area contributed by atoms with Crippen LogP contribution in [0.3, 0.4) is 0 Å². The van der Waals surface area contributed by atoms with E-state index in [2.05, 4.69) is 6.92 Å². The van der Waals surface area contributed by atoms with Crippen molar-refractivity contribution in [2.45, 2.75) is 39.0 Å². The van der Waals surface area contributed by atoms with Crippen molar-refractivity contribution >= 4 is 5.91 Å². The topological polar surface area (TPSA) is 40.5 Å². The first-order chi connectivity index (χ1) is 7.19. The van der Waals surface area contributed by atoms with Crippen LogP contribution in [0, 0.1) is 11.8 Å². The van der Waals surface area contributed by atoms with E-state index in [0.29, 0.717) is 11.8 Å². The Bertz CT molecular complexity index is 198. The van der Waals surface area contributed by atoms with Gasteiger partial charge in [-0.05, 0) is 38.0 Å². The zero-order chi connectivity index (χ0) is 11.3. The number of carbonyl (C=O) groups is 1. The molecular weight excluding hydrogens is 190 g/mol. The van der Waals surface area contributed by atoms with Gasteiger partial charge >= 0.3 is 0 Å². The van der Waals surface area contributed by atoms with E-state index in [1.807, 2.05) is 11.9 Å². The molecule has 0 aliphatic heterocycles. The van der Waals surface area contributed by atoms with Crippen LogP contribution in [0.5, 0.6) is 0 Å². The molecule has 1 saturated carbocycles. The normalized spacial score (nSPS) is 26.3. The van der Waals surface area contributed by atoms with Gasteiger partial charge in [0, 0.05) is 26.1 Å². The molecule has 0 atom stereocenters. The summed E-state index contributed by atoms with van der Waals surface area (Å²) in [6.07, 6.45) is 4.95. The smallest absolute Gasteiger partial charge is 0.225 e. The Morgan fingerprint density at radius 3 is 2.40 bits per heavy atom. The second-order valence-electron chi connectivity index (χ2n) is 4.66. The van der Waals surface area contributed by atoms with Gasteiger partial charge in [-0.3, -0.25) is 4.79 Å². The van der Waals surface area contributed by atoms with Gasteiger partial charge in [0.25, 0.3) is 0 Å². The molecule has 3 nitrogen and oxygen atoms in total. The fraction of sp³-hybridized carbons (Fsp3) is 0.917. The molecule has 0 aromatic rings. The summed E-state index contributed by atoms with van der Waals surface area (Å²) in [5.74, 6) is 0.947.